The molecular weight excluding hydrogens is 414 g/mol. The number of ketones is 1. The first kappa shape index (κ1) is 22.8. The van der Waals surface area contributed by atoms with E-state index in [-0.39, 0.29) is 18.4 Å². The van der Waals surface area contributed by atoms with Crippen LogP contribution < -0.4 is 0 Å². The second-order valence-electron chi connectivity index (χ2n) is 7.95. The van der Waals surface area contributed by atoms with E-state index in [1.165, 1.54) is 0 Å². The maximum Gasteiger partial charge on any atom is 0.164 e. The lowest BCUT2D eigenvalue weighted by molar-refractivity contribution is 0.0924. The summed E-state index contributed by atoms with van der Waals surface area (Å²) < 4.78 is 1.72. The zero-order valence-corrected chi connectivity index (χ0v) is 19.1. The molecule has 33 heavy (non-hydrogen) atoms. The molecule has 0 bridgehead atoms. The Morgan fingerprint density at radius 3 is 2.61 bits per heavy atom. The molecule has 170 valence electrons. The fourth-order valence-corrected chi connectivity index (χ4v) is 4.14. The van der Waals surface area contributed by atoms with E-state index in [4.69, 9.17) is 4.98 Å². The molecule has 0 aliphatic heterocycles. The number of rotatable bonds is 10. The number of carbonyl (C=O) groups is 1. The summed E-state index contributed by atoms with van der Waals surface area (Å²) in [6.07, 6.45) is 6.26. The summed E-state index contributed by atoms with van der Waals surface area (Å²) in [6.45, 7) is 5.88. The third kappa shape index (κ3) is 4.99. The lowest BCUT2D eigenvalue weighted by Gasteiger charge is -2.27. The number of hydrogen-bond donors (Lipinski definition) is 1. The van der Waals surface area contributed by atoms with Crippen LogP contribution in [0.3, 0.4) is 0 Å². The molecule has 4 rings (SSSR count). The average molecular weight is 444 g/mol. The summed E-state index contributed by atoms with van der Waals surface area (Å²) in [6, 6.07) is 15.4. The topological polar surface area (TPSA) is 83.6 Å². The molecule has 1 N–H and O–H groups in total. The predicted octanol–water partition coefficient (Wildman–Crippen LogP) is 4.12. The third-order valence-corrected chi connectivity index (χ3v) is 6.04. The van der Waals surface area contributed by atoms with Crippen LogP contribution in [0.1, 0.15) is 37.0 Å². The maximum atomic E-state index is 12.9. The molecule has 0 amide bonds. The van der Waals surface area contributed by atoms with Crippen molar-refractivity contribution in [1.29, 1.82) is 0 Å². The number of aliphatic hydroxyl groups excluding tert-OH is 1. The van der Waals surface area contributed by atoms with Gasteiger partial charge in [0.1, 0.15) is 0 Å². The molecule has 0 saturated heterocycles. The second kappa shape index (κ2) is 10.5. The van der Waals surface area contributed by atoms with Crippen LogP contribution >= 0.6 is 0 Å². The lowest BCUT2D eigenvalue weighted by Crippen LogP contribution is -2.38. The van der Waals surface area contributed by atoms with Crippen molar-refractivity contribution in [3.8, 4) is 22.5 Å². The van der Waals surface area contributed by atoms with Crippen LogP contribution in [0.15, 0.2) is 67.1 Å². The van der Waals surface area contributed by atoms with Gasteiger partial charge in [-0.2, -0.15) is 5.10 Å². The number of aromatic nitrogens is 4. The van der Waals surface area contributed by atoms with Crippen LogP contribution in [0.5, 0.6) is 0 Å². The van der Waals surface area contributed by atoms with Gasteiger partial charge < -0.3 is 5.11 Å². The zero-order chi connectivity index (χ0) is 23.2. The molecule has 3 aromatic heterocycles. The number of nitrogens with zero attached hydrogens (tertiary/aromatic N) is 5. The van der Waals surface area contributed by atoms with Crippen LogP contribution in [0.4, 0.5) is 0 Å². The minimum atomic E-state index is -0.00881. The van der Waals surface area contributed by atoms with Gasteiger partial charge in [0.25, 0.3) is 0 Å². The number of aliphatic hydroxyl groups is 1. The number of pyridine rings is 1. The highest BCUT2D eigenvalue weighted by atomic mass is 16.3. The second-order valence-corrected chi connectivity index (χ2v) is 7.95. The molecule has 1 atom stereocenters. The molecule has 0 unspecified atom stereocenters. The standard InChI is InChI=1S/C26H29N5O2/c1-3-30(4-2)21(18-32)10-11-25(33)20-12-14-27-24(16-20)22-17-28-31-15-13-23(29-26(22)31)19-8-6-5-7-9-19/h5-9,12-17,21,32H,3-4,10-11,18H2,1-2H3/t21-/m1/s1. The Morgan fingerprint density at radius 2 is 1.88 bits per heavy atom. The number of likely N-dealkylation sites (N-methyl/N-ethyl adjacent to an activating group) is 1. The number of fused-ring (bicyclic) bond motifs is 1. The largest absolute Gasteiger partial charge is 0.395 e. The Labute approximate surface area is 193 Å². The van der Waals surface area contributed by atoms with Gasteiger partial charge in [-0.25, -0.2) is 9.50 Å². The first-order valence-electron chi connectivity index (χ1n) is 11.4. The smallest absolute Gasteiger partial charge is 0.164 e. The highest BCUT2D eigenvalue weighted by molar-refractivity contribution is 5.97. The van der Waals surface area contributed by atoms with E-state index < -0.39 is 0 Å². The molecule has 0 radical (unpaired) electrons. The Kier molecular flexibility index (Phi) is 7.22. The van der Waals surface area contributed by atoms with Crippen molar-refractivity contribution in [2.75, 3.05) is 19.7 Å². The van der Waals surface area contributed by atoms with Gasteiger partial charge in [0.2, 0.25) is 0 Å². The predicted molar refractivity (Wildman–Crippen MR) is 129 cm³/mol. The van der Waals surface area contributed by atoms with Crippen molar-refractivity contribution in [3.63, 3.8) is 0 Å². The molecule has 7 heteroatoms. The molecule has 0 saturated carbocycles. The SMILES string of the molecule is CCN(CC)[C@@H](CO)CCC(=O)c1ccnc(-c2cnn3ccc(-c4ccccc4)nc23)c1. The Hall–Kier alpha value is -3.42. The van der Waals surface area contributed by atoms with Crippen molar-refractivity contribution in [2.45, 2.75) is 32.7 Å². The van der Waals surface area contributed by atoms with Gasteiger partial charge in [-0.1, -0.05) is 44.2 Å². The molecule has 0 aliphatic carbocycles. The van der Waals surface area contributed by atoms with Gasteiger partial charge in [-0.15, -0.1) is 0 Å². The lowest BCUT2D eigenvalue weighted by atomic mass is 10.0. The van der Waals surface area contributed by atoms with Crippen molar-refractivity contribution in [1.82, 2.24) is 24.5 Å². The monoisotopic (exact) mass is 443 g/mol. The summed E-state index contributed by atoms with van der Waals surface area (Å²) in [7, 11) is 0. The summed E-state index contributed by atoms with van der Waals surface area (Å²) in [5.41, 5.74) is 4.61. The van der Waals surface area contributed by atoms with E-state index in [2.05, 4.69) is 28.8 Å². The van der Waals surface area contributed by atoms with Crippen molar-refractivity contribution >= 4 is 11.4 Å². The number of hydrogen-bond acceptors (Lipinski definition) is 6. The van der Waals surface area contributed by atoms with E-state index in [0.29, 0.717) is 29.7 Å². The van der Waals surface area contributed by atoms with Crippen LogP contribution in [-0.2, 0) is 0 Å². The van der Waals surface area contributed by atoms with Crippen LogP contribution in [0, 0.1) is 0 Å². The summed E-state index contributed by atoms with van der Waals surface area (Å²) in [4.78, 5) is 24.4. The van der Waals surface area contributed by atoms with Gasteiger partial charge in [0, 0.05) is 36.0 Å². The van der Waals surface area contributed by atoms with Crippen molar-refractivity contribution in [3.05, 3.63) is 72.7 Å². The van der Waals surface area contributed by atoms with Crippen LogP contribution in [-0.4, -0.2) is 61.1 Å². The van der Waals surface area contributed by atoms with E-state index >= 15 is 0 Å². The van der Waals surface area contributed by atoms with Gasteiger partial charge >= 0.3 is 0 Å². The van der Waals surface area contributed by atoms with Gasteiger partial charge in [0.15, 0.2) is 11.4 Å². The van der Waals surface area contributed by atoms with E-state index in [1.54, 1.807) is 23.0 Å². The Balaban J connectivity index is 1.58. The molecule has 0 spiro atoms. The number of benzene rings is 1. The minimum absolute atomic E-state index is 0.00881. The highest BCUT2D eigenvalue weighted by Gasteiger charge is 2.18. The van der Waals surface area contributed by atoms with E-state index in [1.807, 2.05) is 48.7 Å². The molecule has 0 aliphatic rings. The molecule has 7 nitrogen and oxygen atoms in total. The quantitative estimate of drug-likeness (QED) is 0.371. The summed E-state index contributed by atoms with van der Waals surface area (Å²) in [5, 5.41) is 14.1. The van der Waals surface area contributed by atoms with Crippen molar-refractivity contribution < 1.29 is 9.90 Å². The normalized spacial score (nSPS) is 12.4. The molecule has 0 fully saturated rings. The van der Waals surface area contributed by atoms with E-state index in [9.17, 15) is 9.90 Å². The molecular formula is C26H29N5O2. The number of carbonyl (C=O) groups excluding carboxylic acids is 1. The zero-order valence-electron chi connectivity index (χ0n) is 19.1. The average Bonchev–Trinajstić information content (AvgIpc) is 3.30. The Bertz CT molecular complexity index is 1220. The minimum Gasteiger partial charge on any atom is -0.395 e. The van der Waals surface area contributed by atoms with Crippen LogP contribution in [0.25, 0.3) is 28.2 Å². The maximum absolute atomic E-state index is 12.9. The van der Waals surface area contributed by atoms with Gasteiger partial charge in [0.05, 0.1) is 29.8 Å². The molecule has 4 aromatic rings. The van der Waals surface area contributed by atoms with Crippen molar-refractivity contribution in [2.24, 2.45) is 0 Å². The van der Waals surface area contributed by atoms with Crippen LogP contribution in [0.2, 0.25) is 0 Å². The fraction of sp³-hybridized carbons (Fsp3) is 0.308. The third-order valence-electron chi connectivity index (χ3n) is 6.04. The highest BCUT2D eigenvalue weighted by Crippen LogP contribution is 2.25. The first-order valence-corrected chi connectivity index (χ1v) is 11.4. The summed E-state index contributed by atoms with van der Waals surface area (Å²) in [5.74, 6) is 0.0404. The fourth-order valence-electron chi connectivity index (χ4n) is 4.14. The van der Waals surface area contributed by atoms with Gasteiger partial charge in [-0.3, -0.25) is 14.7 Å². The molecule has 3 heterocycles. The first-order chi connectivity index (χ1) is 16.1. The Morgan fingerprint density at radius 1 is 1.09 bits per heavy atom. The molecule has 1 aromatic carbocycles. The van der Waals surface area contributed by atoms with Gasteiger partial charge in [-0.05, 0) is 37.7 Å². The summed E-state index contributed by atoms with van der Waals surface area (Å²) >= 11 is 0. The van der Waals surface area contributed by atoms with E-state index in [0.717, 1.165) is 29.9 Å². The number of Topliss-reactive ketones (excluding diaryl/α,β-unsaturated/α-hetero) is 1.